The quantitative estimate of drug-likeness (QED) is 0.546. The average Bonchev–Trinajstić information content (AvgIpc) is 2.66. The summed E-state index contributed by atoms with van der Waals surface area (Å²) in [6, 6.07) is 0.242. The van der Waals surface area contributed by atoms with Gasteiger partial charge in [0, 0.05) is 44.4 Å². The Morgan fingerprint density at radius 1 is 1.07 bits per heavy atom. The van der Waals surface area contributed by atoms with E-state index in [2.05, 4.69) is 22.5 Å². The third-order valence-electron chi connectivity index (χ3n) is 7.59. The van der Waals surface area contributed by atoms with Crippen LogP contribution < -0.4 is 10.6 Å². The minimum Gasteiger partial charge on any atom is -0.381 e. The van der Waals surface area contributed by atoms with E-state index >= 15 is 0 Å². The van der Waals surface area contributed by atoms with Gasteiger partial charge < -0.3 is 20.1 Å². The highest BCUT2D eigenvalue weighted by Gasteiger charge is 2.51. The lowest BCUT2D eigenvalue weighted by Crippen LogP contribution is -2.62. The molecule has 5 rings (SSSR count). The van der Waals surface area contributed by atoms with Crippen LogP contribution in [-0.4, -0.2) is 68.6 Å². The van der Waals surface area contributed by atoms with E-state index in [4.69, 9.17) is 9.47 Å². The lowest BCUT2D eigenvalue weighted by atomic mass is 9.53. The number of ether oxygens (including phenoxy) is 2. The van der Waals surface area contributed by atoms with E-state index in [1.807, 2.05) is 0 Å². The molecule has 4 bridgehead atoms. The first-order valence-electron chi connectivity index (χ1n) is 12.1. The third-order valence-corrected chi connectivity index (χ3v) is 7.59. The van der Waals surface area contributed by atoms with Crippen molar-refractivity contribution in [3.8, 4) is 0 Å². The summed E-state index contributed by atoms with van der Waals surface area (Å²) < 4.78 is 11.2. The fourth-order valence-electron chi connectivity index (χ4n) is 6.65. The number of carbonyl (C=O) groups excluding carboxylic acids is 1. The normalized spacial score (nSPS) is 34.9. The molecule has 5 fully saturated rings. The van der Waals surface area contributed by atoms with E-state index in [9.17, 15) is 4.79 Å². The smallest absolute Gasteiger partial charge is 0.315 e. The van der Waals surface area contributed by atoms with Crippen LogP contribution in [0.1, 0.15) is 64.7 Å². The fourth-order valence-corrected chi connectivity index (χ4v) is 6.65. The molecule has 6 heteroatoms. The van der Waals surface area contributed by atoms with Gasteiger partial charge in [0.1, 0.15) is 0 Å². The Morgan fingerprint density at radius 3 is 2.34 bits per heavy atom. The molecule has 2 amide bonds. The topological polar surface area (TPSA) is 62.8 Å². The van der Waals surface area contributed by atoms with Crippen LogP contribution >= 0.6 is 0 Å². The summed E-state index contributed by atoms with van der Waals surface area (Å²) in [4.78, 5) is 15.0. The van der Waals surface area contributed by atoms with Crippen molar-refractivity contribution in [2.75, 3.05) is 46.1 Å². The summed E-state index contributed by atoms with van der Waals surface area (Å²) in [5.41, 5.74) is 0.0994. The third kappa shape index (κ3) is 6.08. The van der Waals surface area contributed by atoms with Crippen molar-refractivity contribution in [3.05, 3.63) is 0 Å². The maximum absolute atomic E-state index is 12.6. The van der Waals surface area contributed by atoms with Crippen molar-refractivity contribution in [2.24, 2.45) is 17.8 Å². The molecule has 1 atom stereocenters. The molecule has 0 unspecified atom stereocenters. The first-order chi connectivity index (χ1) is 14.1. The number of rotatable bonds is 10. The molecular formula is C23H41N3O3. The van der Waals surface area contributed by atoms with E-state index in [1.165, 1.54) is 38.5 Å². The van der Waals surface area contributed by atoms with Crippen LogP contribution in [0.5, 0.6) is 0 Å². The van der Waals surface area contributed by atoms with Crippen LogP contribution in [0.4, 0.5) is 4.79 Å². The van der Waals surface area contributed by atoms with Gasteiger partial charge in [0.15, 0.2) is 0 Å². The Kier molecular flexibility index (Phi) is 7.35. The molecule has 5 aliphatic rings. The maximum Gasteiger partial charge on any atom is 0.315 e. The summed E-state index contributed by atoms with van der Waals surface area (Å²) in [5.74, 6) is 2.58. The first-order valence-corrected chi connectivity index (χ1v) is 12.1. The van der Waals surface area contributed by atoms with Crippen LogP contribution in [0.3, 0.4) is 0 Å². The molecule has 29 heavy (non-hydrogen) atoms. The van der Waals surface area contributed by atoms with Gasteiger partial charge in [-0.25, -0.2) is 4.79 Å². The standard InChI is InChI=1S/C23H41N3O3/c1-18(4-2-8-28-9-3-5-26-6-10-29-11-7-26)24-22(27)25-23-15-19-12-20(16-23)14-21(13-19)17-23/h18-21H,2-17H2,1H3,(H2,24,25,27)/t18-,19?,20?,21?,23?/m0/s1. The molecule has 0 spiro atoms. The molecule has 0 aromatic rings. The molecule has 4 saturated carbocycles. The van der Waals surface area contributed by atoms with E-state index in [1.54, 1.807) is 0 Å². The van der Waals surface area contributed by atoms with Gasteiger partial charge in [-0.2, -0.15) is 0 Å². The summed E-state index contributed by atoms with van der Waals surface area (Å²) in [7, 11) is 0. The molecule has 0 radical (unpaired) electrons. The van der Waals surface area contributed by atoms with Gasteiger partial charge in [0.25, 0.3) is 0 Å². The van der Waals surface area contributed by atoms with Gasteiger partial charge in [0.2, 0.25) is 0 Å². The van der Waals surface area contributed by atoms with Gasteiger partial charge >= 0.3 is 6.03 Å². The van der Waals surface area contributed by atoms with E-state index in [0.717, 1.165) is 83.1 Å². The zero-order chi connectivity index (χ0) is 20.1. The lowest BCUT2D eigenvalue weighted by Gasteiger charge is -2.56. The summed E-state index contributed by atoms with van der Waals surface area (Å²) in [6.07, 6.45) is 10.9. The molecule has 0 aromatic heterocycles. The van der Waals surface area contributed by atoms with Crippen LogP contribution in [0.15, 0.2) is 0 Å². The second-order valence-electron chi connectivity index (χ2n) is 10.3. The molecule has 1 heterocycles. The van der Waals surface area contributed by atoms with E-state index in [0.29, 0.717) is 0 Å². The van der Waals surface area contributed by atoms with Crippen molar-refractivity contribution >= 4 is 6.03 Å². The second kappa shape index (κ2) is 9.97. The Labute approximate surface area is 176 Å². The van der Waals surface area contributed by atoms with Crippen molar-refractivity contribution in [1.82, 2.24) is 15.5 Å². The largest absolute Gasteiger partial charge is 0.381 e. The molecule has 6 nitrogen and oxygen atoms in total. The highest BCUT2D eigenvalue weighted by molar-refractivity contribution is 5.75. The van der Waals surface area contributed by atoms with Gasteiger partial charge in [-0.1, -0.05) is 0 Å². The molecule has 0 aromatic carbocycles. The molecule has 1 aliphatic heterocycles. The average molecular weight is 408 g/mol. The number of nitrogens with zero attached hydrogens (tertiary/aromatic N) is 1. The molecule has 4 aliphatic carbocycles. The molecule has 1 saturated heterocycles. The maximum atomic E-state index is 12.6. The van der Waals surface area contributed by atoms with Crippen LogP contribution in [-0.2, 0) is 9.47 Å². The number of amides is 2. The van der Waals surface area contributed by atoms with Crippen LogP contribution in [0.2, 0.25) is 0 Å². The number of morpholine rings is 1. The molecule has 2 N–H and O–H groups in total. The zero-order valence-electron chi connectivity index (χ0n) is 18.3. The van der Waals surface area contributed by atoms with Gasteiger partial charge in [-0.15, -0.1) is 0 Å². The lowest BCUT2D eigenvalue weighted by molar-refractivity contribution is -0.0136. The summed E-state index contributed by atoms with van der Waals surface area (Å²) >= 11 is 0. The van der Waals surface area contributed by atoms with Crippen molar-refractivity contribution in [2.45, 2.75) is 76.3 Å². The Bertz CT molecular complexity index is 500. The highest BCUT2D eigenvalue weighted by Crippen LogP contribution is 2.55. The second-order valence-corrected chi connectivity index (χ2v) is 10.3. The molecular weight excluding hydrogens is 366 g/mol. The van der Waals surface area contributed by atoms with Gasteiger partial charge in [0.05, 0.1) is 13.2 Å². The zero-order valence-corrected chi connectivity index (χ0v) is 18.3. The van der Waals surface area contributed by atoms with Crippen molar-refractivity contribution in [1.29, 1.82) is 0 Å². The number of urea groups is 1. The van der Waals surface area contributed by atoms with Gasteiger partial charge in [-0.05, 0) is 82.5 Å². The molecule has 166 valence electrons. The fraction of sp³-hybridized carbons (Fsp3) is 0.957. The summed E-state index contributed by atoms with van der Waals surface area (Å²) in [5, 5.41) is 6.59. The van der Waals surface area contributed by atoms with Crippen LogP contribution in [0.25, 0.3) is 0 Å². The van der Waals surface area contributed by atoms with E-state index < -0.39 is 0 Å². The predicted octanol–water partition coefficient (Wildman–Crippen LogP) is 3.16. The van der Waals surface area contributed by atoms with Crippen molar-refractivity contribution in [3.63, 3.8) is 0 Å². The minimum atomic E-state index is 0.0471. The Balaban J connectivity index is 1.04. The first kappa shape index (κ1) is 21.4. The monoisotopic (exact) mass is 407 g/mol. The van der Waals surface area contributed by atoms with E-state index in [-0.39, 0.29) is 17.6 Å². The predicted molar refractivity (Wildman–Crippen MR) is 114 cm³/mol. The van der Waals surface area contributed by atoms with Gasteiger partial charge in [-0.3, -0.25) is 4.90 Å². The number of hydrogen-bond donors (Lipinski definition) is 2. The number of carbonyl (C=O) groups is 1. The highest BCUT2D eigenvalue weighted by atomic mass is 16.5. The summed E-state index contributed by atoms with van der Waals surface area (Å²) in [6.45, 7) is 8.65. The van der Waals surface area contributed by atoms with Crippen molar-refractivity contribution < 1.29 is 14.3 Å². The Morgan fingerprint density at radius 2 is 1.69 bits per heavy atom. The number of hydrogen-bond acceptors (Lipinski definition) is 4. The van der Waals surface area contributed by atoms with Crippen LogP contribution in [0, 0.1) is 17.8 Å². The Hall–Kier alpha value is -0.850. The minimum absolute atomic E-state index is 0.0471. The SMILES string of the molecule is C[C@@H](CCCOCCCN1CCOCC1)NC(=O)NC12CC3CC(CC(C3)C1)C2. The number of nitrogens with one attached hydrogen (secondary N) is 2.